The number of H-pyrrole nitrogens is 1. The predicted octanol–water partition coefficient (Wildman–Crippen LogP) is 4.80. The van der Waals surface area contributed by atoms with Crippen molar-refractivity contribution in [3.8, 4) is 5.75 Å². The standard InChI is InChI=1S/C25H27F3N2O4S/c26-25(27,28)18-4-5-20-21(14-18)29-7-6-24(20)35-13-3-1-2-10-33-23-17-34-19(15-22(23)31)16-30-8-11-32-12-9-30/h4-7,14-15,17H,1-3,8-13,16H2/p+1. The van der Waals surface area contributed by atoms with Crippen LogP contribution in [-0.4, -0.2) is 43.6 Å². The lowest BCUT2D eigenvalue weighted by atomic mass is 10.1. The molecule has 1 N–H and O–H groups in total. The molecule has 10 heteroatoms. The minimum atomic E-state index is -4.36. The van der Waals surface area contributed by atoms with E-state index >= 15 is 0 Å². The number of benzene rings is 1. The number of nitrogens with zero attached hydrogens (tertiary/aromatic N) is 1. The van der Waals surface area contributed by atoms with Crippen molar-refractivity contribution in [1.29, 1.82) is 0 Å². The third-order valence-electron chi connectivity index (χ3n) is 5.73. The van der Waals surface area contributed by atoms with Gasteiger partial charge in [-0.1, -0.05) is 0 Å². The summed E-state index contributed by atoms with van der Waals surface area (Å²) in [5.41, 5.74) is -0.381. The van der Waals surface area contributed by atoms with Crippen LogP contribution < -0.4 is 15.1 Å². The number of hydrogen-bond acceptors (Lipinski definition) is 6. The molecule has 1 fully saturated rings. The van der Waals surface area contributed by atoms with Crippen molar-refractivity contribution in [2.24, 2.45) is 0 Å². The van der Waals surface area contributed by atoms with E-state index < -0.39 is 11.7 Å². The fourth-order valence-electron chi connectivity index (χ4n) is 3.83. The first kappa shape index (κ1) is 25.5. The van der Waals surface area contributed by atoms with Crippen LogP contribution in [0.5, 0.6) is 5.75 Å². The van der Waals surface area contributed by atoms with E-state index in [0.717, 1.165) is 60.5 Å². The van der Waals surface area contributed by atoms with Crippen molar-refractivity contribution in [2.45, 2.75) is 36.9 Å². The highest BCUT2D eigenvalue weighted by Crippen LogP contribution is 2.33. The first-order valence-electron chi connectivity index (χ1n) is 11.6. The lowest BCUT2D eigenvalue weighted by molar-refractivity contribution is -0.345. The van der Waals surface area contributed by atoms with Crippen LogP contribution in [0.4, 0.5) is 13.2 Å². The Labute approximate surface area is 205 Å². The summed E-state index contributed by atoms with van der Waals surface area (Å²) in [6.07, 6.45) is 1.30. The number of ether oxygens (including phenoxy) is 2. The van der Waals surface area contributed by atoms with Gasteiger partial charge in [0.2, 0.25) is 16.7 Å². The van der Waals surface area contributed by atoms with Crippen LogP contribution >= 0.6 is 11.8 Å². The summed E-state index contributed by atoms with van der Waals surface area (Å²) in [6, 6.07) is 7.14. The smallest absolute Gasteiger partial charge is 0.416 e. The average Bonchev–Trinajstić information content (AvgIpc) is 2.84. The largest absolute Gasteiger partial charge is 0.487 e. The summed E-state index contributed by atoms with van der Waals surface area (Å²) in [4.78, 5) is 18.3. The fraction of sp³-hybridized carbons (Fsp3) is 0.440. The fourth-order valence-corrected chi connectivity index (χ4v) is 4.90. The molecular formula is C25H28F3N2O4S+. The Morgan fingerprint density at radius 2 is 1.91 bits per heavy atom. The molecule has 35 heavy (non-hydrogen) atoms. The number of alkyl halides is 3. The van der Waals surface area contributed by atoms with Crippen LogP contribution in [0, 0.1) is 0 Å². The van der Waals surface area contributed by atoms with E-state index in [1.165, 1.54) is 18.4 Å². The van der Waals surface area contributed by atoms with Crippen LogP contribution in [0.25, 0.3) is 10.9 Å². The van der Waals surface area contributed by atoms with E-state index in [2.05, 4.69) is 9.88 Å². The molecule has 4 rings (SSSR count). The van der Waals surface area contributed by atoms with Crippen molar-refractivity contribution < 1.29 is 32.0 Å². The number of hydrogen-bond donors (Lipinski definition) is 0. The van der Waals surface area contributed by atoms with Crippen molar-refractivity contribution in [2.75, 3.05) is 38.7 Å². The van der Waals surface area contributed by atoms with Gasteiger partial charge in [0.15, 0.2) is 6.20 Å². The molecule has 0 unspecified atom stereocenters. The third-order valence-corrected chi connectivity index (χ3v) is 6.88. The van der Waals surface area contributed by atoms with E-state index in [9.17, 15) is 18.0 Å². The molecule has 0 saturated carbocycles. The molecule has 1 saturated heterocycles. The number of thioether (sulfide) groups is 1. The van der Waals surface area contributed by atoms with Gasteiger partial charge in [-0.15, -0.1) is 11.8 Å². The molecule has 3 aromatic rings. The zero-order valence-corrected chi connectivity index (χ0v) is 20.1. The van der Waals surface area contributed by atoms with E-state index in [1.807, 2.05) is 6.07 Å². The maximum Gasteiger partial charge on any atom is 0.416 e. The molecule has 0 bridgehead atoms. The topological polar surface area (TPSA) is 66.1 Å². The minimum absolute atomic E-state index is 0.184. The molecule has 3 heterocycles. The first-order valence-corrected chi connectivity index (χ1v) is 12.6. The van der Waals surface area contributed by atoms with E-state index in [0.29, 0.717) is 37.6 Å². The van der Waals surface area contributed by atoms with Crippen molar-refractivity contribution >= 4 is 22.7 Å². The molecule has 0 amide bonds. The highest BCUT2D eigenvalue weighted by molar-refractivity contribution is 7.99. The zero-order valence-electron chi connectivity index (χ0n) is 19.2. The molecule has 1 aromatic carbocycles. The van der Waals surface area contributed by atoms with Gasteiger partial charge in [0.1, 0.15) is 12.0 Å². The second-order valence-corrected chi connectivity index (χ2v) is 9.46. The Kier molecular flexibility index (Phi) is 8.69. The summed E-state index contributed by atoms with van der Waals surface area (Å²) >= 11 is 1.62. The second kappa shape index (κ2) is 11.9. The quantitative estimate of drug-likeness (QED) is 0.289. The number of morpholine rings is 1. The van der Waals surface area contributed by atoms with Gasteiger partial charge in [-0.3, -0.25) is 9.69 Å². The maximum absolute atomic E-state index is 12.9. The number of fused-ring (bicyclic) bond motifs is 1. The third kappa shape index (κ3) is 7.22. The molecule has 0 aliphatic carbocycles. The molecule has 0 radical (unpaired) electrons. The SMILES string of the molecule is O=c1cc(CN2CCOCC2)occ1OCCCCCSc1cc[nH+]c2cc(C(F)(F)F)ccc12. The highest BCUT2D eigenvalue weighted by Gasteiger charge is 2.31. The van der Waals surface area contributed by atoms with Gasteiger partial charge in [-0.2, -0.15) is 13.2 Å². The number of unbranched alkanes of at least 4 members (excludes halogenated alkanes) is 2. The molecule has 1 aliphatic heterocycles. The number of aromatic nitrogens is 1. The van der Waals surface area contributed by atoms with E-state index in [1.54, 1.807) is 18.0 Å². The van der Waals surface area contributed by atoms with Gasteiger partial charge < -0.3 is 13.9 Å². The van der Waals surface area contributed by atoms with Gasteiger partial charge in [-0.25, -0.2) is 4.98 Å². The molecule has 0 atom stereocenters. The van der Waals surface area contributed by atoms with Crippen LogP contribution in [0.3, 0.4) is 0 Å². The Morgan fingerprint density at radius 1 is 1.09 bits per heavy atom. The molecule has 188 valence electrons. The van der Waals surface area contributed by atoms with Crippen LogP contribution in [0.1, 0.15) is 30.6 Å². The van der Waals surface area contributed by atoms with Crippen LogP contribution in [0.15, 0.2) is 56.9 Å². The summed E-state index contributed by atoms with van der Waals surface area (Å²) in [7, 11) is 0. The maximum atomic E-state index is 12.9. The number of aromatic amines is 1. The minimum Gasteiger partial charge on any atom is -0.487 e. The van der Waals surface area contributed by atoms with Crippen molar-refractivity contribution in [1.82, 2.24) is 4.90 Å². The Balaban J connectivity index is 1.18. The zero-order chi connectivity index (χ0) is 24.7. The van der Waals surface area contributed by atoms with Gasteiger partial charge >= 0.3 is 6.18 Å². The van der Waals surface area contributed by atoms with Crippen LogP contribution in [0.2, 0.25) is 0 Å². The number of halogens is 3. The monoisotopic (exact) mass is 509 g/mol. The number of rotatable bonds is 10. The second-order valence-electron chi connectivity index (χ2n) is 8.32. The summed E-state index contributed by atoms with van der Waals surface area (Å²) < 4.78 is 55.3. The average molecular weight is 510 g/mol. The molecule has 0 spiro atoms. The molecule has 1 aliphatic rings. The molecule has 6 nitrogen and oxygen atoms in total. The van der Waals surface area contributed by atoms with E-state index in [-0.39, 0.29) is 11.2 Å². The van der Waals surface area contributed by atoms with Gasteiger partial charge in [-0.05, 0) is 37.1 Å². The van der Waals surface area contributed by atoms with E-state index in [4.69, 9.17) is 13.9 Å². The van der Waals surface area contributed by atoms with Gasteiger partial charge in [0.25, 0.3) is 0 Å². The van der Waals surface area contributed by atoms with Gasteiger partial charge in [0, 0.05) is 36.2 Å². The van der Waals surface area contributed by atoms with Crippen LogP contribution in [-0.2, 0) is 17.5 Å². The summed E-state index contributed by atoms with van der Waals surface area (Å²) in [6.45, 7) is 4.01. The van der Waals surface area contributed by atoms with Gasteiger partial charge in [0.05, 0.1) is 37.3 Å². The molecule has 2 aromatic heterocycles. The Bertz CT molecular complexity index is 1180. The summed E-state index contributed by atoms with van der Waals surface area (Å²) in [5, 5.41) is 0.776. The Hall–Kier alpha value is -2.56. The predicted molar refractivity (Wildman–Crippen MR) is 127 cm³/mol. The van der Waals surface area contributed by atoms with Crippen molar-refractivity contribution in [3.05, 3.63) is 64.3 Å². The lowest BCUT2D eigenvalue weighted by Gasteiger charge is -2.25. The normalized spacial score (nSPS) is 14.9. The number of pyridine rings is 1. The summed E-state index contributed by atoms with van der Waals surface area (Å²) in [5.74, 6) is 1.66. The molecular weight excluding hydrogens is 481 g/mol. The lowest BCUT2D eigenvalue weighted by Crippen LogP contribution is -2.35. The Morgan fingerprint density at radius 3 is 2.69 bits per heavy atom. The van der Waals surface area contributed by atoms with Crippen molar-refractivity contribution in [3.63, 3.8) is 0 Å². The first-order chi connectivity index (χ1) is 16.9. The highest BCUT2D eigenvalue weighted by atomic mass is 32.2. The number of nitrogens with one attached hydrogen (secondary N) is 1.